The van der Waals surface area contributed by atoms with Gasteiger partial charge >= 0.3 is 5.97 Å². The van der Waals surface area contributed by atoms with Crippen molar-refractivity contribution >= 4 is 5.97 Å². The molecule has 1 fully saturated rings. The van der Waals surface area contributed by atoms with Gasteiger partial charge in [-0.1, -0.05) is 60.7 Å². The molecule has 1 heterocycles. The fraction of sp³-hybridized carbons (Fsp3) is 0.381. The maximum atomic E-state index is 12.5. The van der Waals surface area contributed by atoms with Crippen LogP contribution in [0.2, 0.25) is 0 Å². The first-order chi connectivity index (χ1) is 12.7. The molecule has 4 atom stereocenters. The average Bonchev–Trinajstić information content (AvgIpc) is 3.07. The number of carbonyl (C=O) groups is 1. The second kappa shape index (κ2) is 8.94. The SMILES string of the molecule is COC(=O)C1C(c2ccccc2)N[C@H](CO)C1COCc1ccccc1. The molecular weight excluding hydrogens is 330 g/mol. The molecule has 5 heteroatoms. The number of aliphatic hydroxyl groups is 1. The number of hydrogen-bond acceptors (Lipinski definition) is 5. The number of esters is 1. The van der Waals surface area contributed by atoms with Gasteiger partial charge in [0.2, 0.25) is 0 Å². The number of hydrogen-bond donors (Lipinski definition) is 2. The van der Waals surface area contributed by atoms with Gasteiger partial charge in [-0.25, -0.2) is 0 Å². The molecule has 0 spiro atoms. The van der Waals surface area contributed by atoms with Gasteiger partial charge in [-0.3, -0.25) is 4.79 Å². The van der Waals surface area contributed by atoms with Crippen molar-refractivity contribution < 1.29 is 19.4 Å². The first kappa shape index (κ1) is 18.6. The molecule has 3 unspecified atom stereocenters. The lowest BCUT2D eigenvalue weighted by atomic mass is 9.85. The van der Waals surface area contributed by atoms with Gasteiger partial charge in [-0.05, 0) is 11.1 Å². The van der Waals surface area contributed by atoms with E-state index >= 15 is 0 Å². The summed E-state index contributed by atoms with van der Waals surface area (Å²) in [6.07, 6.45) is 0. The lowest BCUT2D eigenvalue weighted by Crippen LogP contribution is -2.35. The summed E-state index contributed by atoms with van der Waals surface area (Å²) in [6, 6.07) is 19.3. The molecule has 0 radical (unpaired) electrons. The van der Waals surface area contributed by atoms with E-state index in [-0.39, 0.29) is 30.6 Å². The van der Waals surface area contributed by atoms with Crippen molar-refractivity contribution in [3.05, 3.63) is 71.8 Å². The summed E-state index contributed by atoms with van der Waals surface area (Å²) in [6.45, 7) is 0.784. The number of methoxy groups -OCH3 is 1. The number of ether oxygens (including phenoxy) is 2. The summed E-state index contributed by atoms with van der Waals surface area (Å²) in [5.74, 6) is -0.854. The Morgan fingerprint density at radius 2 is 1.73 bits per heavy atom. The third kappa shape index (κ3) is 4.12. The van der Waals surface area contributed by atoms with Gasteiger partial charge in [-0.2, -0.15) is 0 Å². The molecule has 2 aromatic rings. The topological polar surface area (TPSA) is 67.8 Å². The van der Waals surface area contributed by atoms with Gasteiger partial charge in [0.15, 0.2) is 0 Å². The molecule has 5 nitrogen and oxygen atoms in total. The van der Waals surface area contributed by atoms with E-state index in [0.717, 1.165) is 11.1 Å². The molecule has 0 aliphatic carbocycles. The average molecular weight is 355 g/mol. The molecule has 1 aliphatic heterocycles. The predicted octanol–water partition coefficient (Wildman–Crippen LogP) is 2.31. The van der Waals surface area contributed by atoms with Crippen LogP contribution in [-0.2, 0) is 20.9 Å². The fourth-order valence-corrected chi connectivity index (χ4v) is 3.66. The summed E-state index contributed by atoms with van der Waals surface area (Å²) >= 11 is 0. The highest BCUT2D eigenvalue weighted by Gasteiger charge is 2.47. The normalized spacial score (nSPS) is 25.2. The number of rotatable bonds is 7. The molecule has 2 aromatic carbocycles. The highest BCUT2D eigenvalue weighted by Crippen LogP contribution is 2.38. The van der Waals surface area contributed by atoms with Crippen molar-refractivity contribution in [1.82, 2.24) is 5.32 Å². The summed E-state index contributed by atoms with van der Waals surface area (Å²) < 4.78 is 10.9. The quantitative estimate of drug-likeness (QED) is 0.746. The molecule has 0 aromatic heterocycles. The molecule has 26 heavy (non-hydrogen) atoms. The maximum Gasteiger partial charge on any atom is 0.311 e. The minimum absolute atomic E-state index is 0.0593. The Balaban J connectivity index is 1.75. The van der Waals surface area contributed by atoms with Crippen LogP contribution in [0, 0.1) is 11.8 Å². The van der Waals surface area contributed by atoms with Crippen LogP contribution >= 0.6 is 0 Å². The molecule has 1 aliphatic rings. The fourth-order valence-electron chi connectivity index (χ4n) is 3.66. The highest BCUT2D eigenvalue weighted by molar-refractivity contribution is 5.74. The van der Waals surface area contributed by atoms with Gasteiger partial charge in [0.1, 0.15) is 0 Å². The molecule has 0 amide bonds. The van der Waals surface area contributed by atoms with Crippen molar-refractivity contribution in [1.29, 1.82) is 0 Å². The number of aliphatic hydroxyl groups excluding tert-OH is 1. The lowest BCUT2D eigenvalue weighted by Gasteiger charge is -2.23. The van der Waals surface area contributed by atoms with Gasteiger partial charge in [0.05, 0.1) is 32.8 Å². The first-order valence-electron chi connectivity index (χ1n) is 8.86. The van der Waals surface area contributed by atoms with Crippen molar-refractivity contribution in [2.45, 2.75) is 18.7 Å². The molecule has 0 saturated carbocycles. The zero-order valence-corrected chi connectivity index (χ0v) is 14.9. The van der Waals surface area contributed by atoms with Crippen LogP contribution in [-0.4, -0.2) is 37.4 Å². The van der Waals surface area contributed by atoms with E-state index in [1.807, 2.05) is 60.7 Å². The number of carbonyl (C=O) groups excluding carboxylic acids is 1. The molecule has 2 N–H and O–H groups in total. The van der Waals surface area contributed by atoms with Gasteiger partial charge in [0, 0.05) is 18.0 Å². The molecule has 138 valence electrons. The number of nitrogens with one attached hydrogen (secondary N) is 1. The number of benzene rings is 2. The Bertz CT molecular complexity index is 692. The van der Waals surface area contributed by atoms with Crippen molar-refractivity contribution in [2.75, 3.05) is 20.3 Å². The summed E-state index contributed by atoms with van der Waals surface area (Å²) in [5.41, 5.74) is 2.08. The second-order valence-corrected chi connectivity index (χ2v) is 6.56. The Morgan fingerprint density at radius 1 is 1.08 bits per heavy atom. The van der Waals surface area contributed by atoms with Gasteiger partial charge in [-0.15, -0.1) is 0 Å². The van der Waals surface area contributed by atoms with E-state index in [2.05, 4.69) is 5.32 Å². The van der Waals surface area contributed by atoms with E-state index in [4.69, 9.17) is 9.47 Å². The van der Waals surface area contributed by atoms with E-state index in [9.17, 15) is 9.90 Å². The lowest BCUT2D eigenvalue weighted by molar-refractivity contribution is -0.148. The van der Waals surface area contributed by atoms with Crippen molar-refractivity contribution in [2.24, 2.45) is 11.8 Å². The smallest absolute Gasteiger partial charge is 0.311 e. The second-order valence-electron chi connectivity index (χ2n) is 6.56. The van der Waals surface area contributed by atoms with Crippen molar-refractivity contribution in [3.63, 3.8) is 0 Å². The van der Waals surface area contributed by atoms with Crippen LogP contribution in [0.4, 0.5) is 0 Å². The Morgan fingerprint density at radius 3 is 2.35 bits per heavy atom. The Labute approximate surface area is 153 Å². The molecule has 0 bridgehead atoms. The zero-order valence-electron chi connectivity index (χ0n) is 14.9. The van der Waals surface area contributed by atoms with E-state index < -0.39 is 5.92 Å². The van der Waals surface area contributed by atoms with E-state index in [0.29, 0.717) is 13.2 Å². The maximum absolute atomic E-state index is 12.5. The van der Waals surface area contributed by atoms with Crippen LogP contribution in [0.3, 0.4) is 0 Å². The van der Waals surface area contributed by atoms with Crippen LogP contribution in [0.25, 0.3) is 0 Å². The standard InChI is InChI=1S/C21H25NO4/c1-25-21(24)19-17(14-26-13-15-8-4-2-5-9-15)18(12-23)22-20(19)16-10-6-3-7-11-16/h2-11,17-20,22-23H,12-14H2,1H3/t17?,18-,19?,20?/m1/s1. The monoisotopic (exact) mass is 355 g/mol. The highest BCUT2D eigenvalue weighted by atomic mass is 16.5. The van der Waals surface area contributed by atoms with Crippen LogP contribution in [0.15, 0.2) is 60.7 Å². The van der Waals surface area contributed by atoms with Crippen LogP contribution in [0.1, 0.15) is 17.2 Å². The Kier molecular flexibility index (Phi) is 6.39. The minimum atomic E-state index is -0.407. The third-order valence-corrected chi connectivity index (χ3v) is 4.98. The zero-order chi connectivity index (χ0) is 18.4. The molecule has 3 rings (SSSR count). The summed E-state index contributed by atoms with van der Waals surface area (Å²) in [7, 11) is 1.40. The minimum Gasteiger partial charge on any atom is -0.469 e. The summed E-state index contributed by atoms with van der Waals surface area (Å²) in [5, 5.41) is 13.2. The van der Waals surface area contributed by atoms with Crippen LogP contribution in [0.5, 0.6) is 0 Å². The van der Waals surface area contributed by atoms with Crippen molar-refractivity contribution in [3.8, 4) is 0 Å². The van der Waals surface area contributed by atoms with E-state index in [1.165, 1.54) is 7.11 Å². The largest absolute Gasteiger partial charge is 0.469 e. The van der Waals surface area contributed by atoms with Gasteiger partial charge < -0.3 is 19.9 Å². The molecule has 1 saturated heterocycles. The Hall–Kier alpha value is -2.21. The third-order valence-electron chi connectivity index (χ3n) is 4.98. The predicted molar refractivity (Wildman–Crippen MR) is 98.3 cm³/mol. The first-order valence-corrected chi connectivity index (χ1v) is 8.86. The van der Waals surface area contributed by atoms with E-state index in [1.54, 1.807) is 0 Å². The van der Waals surface area contributed by atoms with Crippen LogP contribution < -0.4 is 5.32 Å². The summed E-state index contributed by atoms with van der Waals surface area (Å²) in [4.78, 5) is 12.5. The molecular formula is C21H25NO4. The van der Waals surface area contributed by atoms with Gasteiger partial charge in [0.25, 0.3) is 0 Å².